The van der Waals surface area contributed by atoms with E-state index in [4.69, 9.17) is 14.9 Å². The van der Waals surface area contributed by atoms with Crippen molar-refractivity contribution in [2.75, 3.05) is 26.6 Å². The van der Waals surface area contributed by atoms with Crippen molar-refractivity contribution in [3.05, 3.63) is 12.7 Å². The molecule has 1 amide bonds. The molecule has 0 rings (SSSR count). The zero-order valence-electron chi connectivity index (χ0n) is 9.40. The van der Waals surface area contributed by atoms with Crippen molar-refractivity contribution in [2.45, 2.75) is 13.8 Å². The van der Waals surface area contributed by atoms with Crippen LogP contribution in [-0.2, 0) is 9.53 Å². The fraction of sp³-hybridized carbons (Fsp3) is 0.700. The fourth-order valence-electron chi connectivity index (χ4n) is 0.489. The highest BCUT2D eigenvalue weighted by molar-refractivity contribution is 5.86. The summed E-state index contributed by atoms with van der Waals surface area (Å²) in [5.41, 5.74) is 0. The summed E-state index contributed by atoms with van der Waals surface area (Å²) < 4.78 is 5.09. The Bertz CT molecular complexity index is 158. The van der Waals surface area contributed by atoms with Crippen LogP contribution in [0.5, 0.6) is 0 Å². The van der Waals surface area contributed by atoms with Crippen LogP contribution in [0.3, 0.4) is 0 Å². The van der Waals surface area contributed by atoms with Gasteiger partial charge in [-0.05, 0) is 12.0 Å². The first-order chi connectivity index (χ1) is 7.08. The van der Waals surface area contributed by atoms with E-state index < -0.39 is 0 Å². The van der Waals surface area contributed by atoms with E-state index in [0.717, 1.165) is 0 Å². The van der Waals surface area contributed by atoms with Crippen molar-refractivity contribution in [1.29, 1.82) is 0 Å². The minimum absolute atomic E-state index is 0.125. The molecule has 0 aromatic carbocycles. The first-order valence-corrected chi connectivity index (χ1v) is 4.78. The van der Waals surface area contributed by atoms with Gasteiger partial charge in [-0.3, -0.25) is 4.79 Å². The van der Waals surface area contributed by atoms with Gasteiger partial charge in [0.15, 0.2) is 0 Å². The molecule has 0 unspecified atom stereocenters. The van der Waals surface area contributed by atoms with E-state index in [2.05, 4.69) is 25.7 Å². The van der Waals surface area contributed by atoms with E-state index in [-0.39, 0.29) is 25.9 Å². The van der Waals surface area contributed by atoms with Gasteiger partial charge < -0.3 is 20.3 Å². The zero-order valence-corrected chi connectivity index (χ0v) is 9.40. The molecule has 0 aliphatic rings. The topological polar surface area (TPSA) is 78.8 Å². The van der Waals surface area contributed by atoms with Gasteiger partial charge in [-0.15, -0.1) is 0 Å². The third-order valence-electron chi connectivity index (χ3n) is 1.09. The van der Waals surface area contributed by atoms with Crippen LogP contribution in [-0.4, -0.2) is 42.7 Å². The number of carbonyl (C=O) groups excluding carboxylic acids is 1. The Morgan fingerprint density at radius 3 is 2.33 bits per heavy atom. The summed E-state index contributed by atoms with van der Waals surface area (Å²) in [6.07, 6.45) is 1.22. The second-order valence-corrected chi connectivity index (χ2v) is 3.10. The highest BCUT2D eigenvalue weighted by Gasteiger charge is 1.94. The molecule has 5 nitrogen and oxygen atoms in total. The molecule has 0 saturated carbocycles. The SMILES string of the molecule is C=CC(=O)NCOCC(C)C.OCCO. The lowest BCUT2D eigenvalue weighted by Gasteiger charge is -2.06. The predicted molar refractivity (Wildman–Crippen MR) is 58.2 cm³/mol. The monoisotopic (exact) mass is 219 g/mol. The van der Waals surface area contributed by atoms with E-state index in [1.807, 2.05) is 0 Å². The van der Waals surface area contributed by atoms with E-state index in [1.165, 1.54) is 6.08 Å². The van der Waals surface area contributed by atoms with E-state index in [0.29, 0.717) is 12.5 Å². The molecule has 0 aliphatic heterocycles. The molecule has 0 saturated heterocycles. The van der Waals surface area contributed by atoms with Crippen molar-refractivity contribution < 1.29 is 19.7 Å². The lowest BCUT2D eigenvalue weighted by molar-refractivity contribution is -0.118. The summed E-state index contributed by atoms with van der Waals surface area (Å²) in [7, 11) is 0. The van der Waals surface area contributed by atoms with Gasteiger partial charge >= 0.3 is 0 Å². The van der Waals surface area contributed by atoms with Crippen molar-refractivity contribution in [2.24, 2.45) is 5.92 Å². The fourth-order valence-corrected chi connectivity index (χ4v) is 0.489. The highest BCUT2D eigenvalue weighted by Crippen LogP contribution is 1.90. The van der Waals surface area contributed by atoms with Crippen molar-refractivity contribution in [3.63, 3.8) is 0 Å². The average Bonchev–Trinajstić information content (AvgIpc) is 2.24. The Labute approximate surface area is 90.8 Å². The minimum atomic E-state index is -0.200. The molecule has 5 heteroatoms. The van der Waals surface area contributed by atoms with E-state index >= 15 is 0 Å². The standard InChI is InChI=1S/C8H15NO2.C2H6O2/c1-4-8(10)9-6-11-5-7(2)3;3-1-2-4/h4,7H,1,5-6H2,2-3H3,(H,9,10);3-4H,1-2H2. The number of carbonyl (C=O) groups is 1. The van der Waals surface area contributed by atoms with Crippen LogP contribution < -0.4 is 5.32 Å². The molecule has 3 N–H and O–H groups in total. The van der Waals surface area contributed by atoms with Crippen LogP contribution in [0.15, 0.2) is 12.7 Å². The molecule has 0 fully saturated rings. The number of hydrogen-bond donors (Lipinski definition) is 3. The largest absolute Gasteiger partial charge is 0.394 e. The normalized spacial score (nSPS) is 9.13. The van der Waals surface area contributed by atoms with Crippen LogP contribution >= 0.6 is 0 Å². The van der Waals surface area contributed by atoms with Crippen molar-refractivity contribution in [1.82, 2.24) is 5.32 Å². The van der Waals surface area contributed by atoms with Crippen LogP contribution in [0.25, 0.3) is 0 Å². The Hall–Kier alpha value is -0.910. The third-order valence-corrected chi connectivity index (χ3v) is 1.09. The Morgan fingerprint density at radius 1 is 1.47 bits per heavy atom. The van der Waals surface area contributed by atoms with Gasteiger partial charge in [0.1, 0.15) is 6.73 Å². The van der Waals surface area contributed by atoms with Crippen LogP contribution in [0.1, 0.15) is 13.8 Å². The lowest BCUT2D eigenvalue weighted by Crippen LogP contribution is -2.24. The van der Waals surface area contributed by atoms with E-state index in [1.54, 1.807) is 0 Å². The smallest absolute Gasteiger partial charge is 0.245 e. The summed E-state index contributed by atoms with van der Waals surface area (Å²) >= 11 is 0. The summed E-state index contributed by atoms with van der Waals surface area (Å²) in [5.74, 6) is 0.296. The maximum absolute atomic E-state index is 10.5. The highest BCUT2D eigenvalue weighted by atomic mass is 16.5. The molecular weight excluding hydrogens is 198 g/mol. The van der Waals surface area contributed by atoms with E-state index in [9.17, 15) is 4.79 Å². The summed E-state index contributed by atoms with van der Waals surface area (Å²) in [6.45, 7) is 8.09. The van der Waals surface area contributed by atoms with Gasteiger partial charge in [0, 0.05) is 0 Å². The van der Waals surface area contributed by atoms with Gasteiger partial charge in [0.25, 0.3) is 0 Å². The van der Waals surface area contributed by atoms with Crippen LogP contribution in [0.4, 0.5) is 0 Å². The molecule has 90 valence electrons. The van der Waals surface area contributed by atoms with Gasteiger partial charge in [-0.2, -0.15) is 0 Å². The van der Waals surface area contributed by atoms with Crippen LogP contribution in [0.2, 0.25) is 0 Å². The molecule has 0 aromatic rings. The number of hydrogen-bond acceptors (Lipinski definition) is 4. The van der Waals surface area contributed by atoms with Gasteiger partial charge in [0.05, 0.1) is 19.8 Å². The van der Waals surface area contributed by atoms with Crippen LogP contribution in [0, 0.1) is 5.92 Å². The summed E-state index contributed by atoms with van der Waals surface area (Å²) in [4.78, 5) is 10.5. The number of ether oxygens (including phenoxy) is 1. The number of aliphatic hydroxyl groups excluding tert-OH is 2. The third kappa shape index (κ3) is 19.5. The Balaban J connectivity index is 0. The average molecular weight is 219 g/mol. The Morgan fingerprint density at radius 2 is 2.00 bits per heavy atom. The maximum Gasteiger partial charge on any atom is 0.245 e. The second-order valence-electron chi connectivity index (χ2n) is 3.10. The maximum atomic E-state index is 10.5. The molecular formula is C10H21NO4. The summed E-state index contributed by atoms with van der Waals surface area (Å²) in [5, 5.41) is 17.8. The lowest BCUT2D eigenvalue weighted by atomic mass is 10.2. The predicted octanol–water partition coefficient (Wildman–Crippen LogP) is -0.110. The molecule has 0 atom stereocenters. The number of amides is 1. The number of aliphatic hydroxyl groups is 2. The molecule has 0 aromatic heterocycles. The summed E-state index contributed by atoms with van der Waals surface area (Å²) in [6, 6.07) is 0. The van der Waals surface area contributed by atoms with Gasteiger partial charge in [-0.1, -0.05) is 20.4 Å². The zero-order chi connectivity index (χ0) is 12.1. The quantitative estimate of drug-likeness (QED) is 0.331. The molecule has 15 heavy (non-hydrogen) atoms. The molecule has 0 spiro atoms. The first-order valence-electron chi connectivity index (χ1n) is 4.78. The first kappa shape index (κ1) is 16.5. The number of nitrogens with one attached hydrogen (secondary N) is 1. The second kappa shape index (κ2) is 13.1. The molecule has 0 heterocycles. The van der Waals surface area contributed by atoms with Crippen molar-refractivity contribution in [3.8, 4) is 0 Å². The minimum Gasteiger partial charge on any atom is -0.394 e. The Kier molecular flexibility index (Phi) is 14.4. The van der Waals surface area contributed by atoms with Gasteiger partial charge in [-0.25, -0.2) is 0 Å². The molecule has 0 aliphatic carbocycles. The molecule has 0 radical (unpaired) electrons. The van der Waals surface area contributed by atoms with Crippen molar-refractivity contribution >= 4 is 5.91 Å². The van der Waals surface area contributed by atoms with Gasteiger partial charge in [0.2, 0.25) is 5.91 Å². The molecule has 0 bridgehead atoms. The number of rotatable bonds is 6.